The van der Waals surface area contributed by atoms with Gasteiger partial charge >= 0.3 is 11.7 Å². The van der Waals surface area contributed by atoms with E-state index in [1.54, 1.807) is 24.4 Å². The van der Waals surface area contributed by atoms with Gasteiger partial charge in [-0.15, -0.1) is 0 Å². The van der Waals surface area contributed by atoms with Crippen LogP contribution in [0.1, 0.15) is 44.1 Å². The largest absolute Gasteiger partial charge is 0.491 e. The summed E-state index contributed by atoms with van der Waals surface area (Å²) in [6.45, 7) is 0.180. The van der Waals surface area contributed by atoms with Crippen molar-refractivity contribution in [3.05, 3.63) is 133 Å². The van der Waals surface area contributed by atoms with Crippen molar-refractivity contribution in [3.63, 3.8) is 0 Å². The fourth-order valence-corrected chi connectivity index (χ4v) is 4.45. The van der Waals surface area contributed by atoms with Gasteiger partial charge < -0.3 is 9.84 Å². The first-order chi connectivity index (χ1) is 17.0. The van der Waals surface area contributed by atoms with Gasteiger partial charge in [-0.3, -0.25) is 14.3 Å². The number of rotatable bonds is 6. The van der Waals surface area contributed by atoms with E-state index in [9.17, 15) is 19.5 Å². The van der Waals surface area contributed by atoms with Crippen molar-refractivity contribution in [1.82, 2.24) is 9.55 Å². The average Bonchev–Trinajstić information content (AvgIpc) is 3.03. The van der Waals surface area contributed by atoms with E-state index in [1.165, 1.54) is 10.6 Å². The standard InChI is InChI=1S/C28H22N2O5/c31-26-23(25-20-9-3-1-7-18(20)13-14-19-8-2-4-10-21(19)25)17-30(28(34)29-26)15-16-35-24-12-6-5-11-22(24)27(32)33/h1-14,17,25H,15-16H2,(H,32,33)(H,29,31,34). The molecule has 1 aliphatic rings. The number of aromatic amines is 1. The first kappa shape index (κ1) is 22.2. The van der Waals surface area contributed by atoms with E-state index in [4.69, 9.17) is 4.74 Å². The lowest BCUT2D eigenvalue weighted by Gasteiger charge is -2.21. The van der Waals surface area contributed by atoms with Gasteiger partial charge in [0, 0.05) is 17.7 Å². The van der Waals surface area contributed by atoms with Crippen molar-refractivity contribution in [1.29, 1.82) is 0 Å². The van der Waals surface area contributed by atoms with Gasteiger partial charge in [-0.25, -0.2) is 9.59 Å². The van der Waals surface area contributed by atoms with Gasteiger partial charge in [0.05, 0.1) is 6.54 Å². The maximum atomic E-state index is 13.1. The van der Waals surface area contributed by atoms with Crippen molar-refractivity contribution in [2.75, 3.05) is 6.61 Å². The predicted octanol–water partition coefficient (Wildman–Crippen LogP) is 3.98. The number of carboxylic acids is 1. The number of fused-ring (bicyclic) bond motifs is 2. The van der Waals surface area contributed by atoms with Crippen LogP contribution in [0.4, 0.5) is 0 Å². The lowest BCUT2D eigenvalue weighted by Crippen LogP contribution is -2.34. The van der Waals surface area contributed by atoms with Gasteiger partial charge in [0.15, 0.2) is 0 Å². The van der Waals surface area contributed by atoms with Crippen LogP contribution in [0, 0.1) is 0 Å². The van der Waals surface area contributed by atoms with Crippen molar-refractivity contribution in [2.45, 2.75) is 12.5 Å². The first-order valence-electron chi connectivity index (χ1n) is 11.2. The summed E-state index contributed by atoms with van der Waals surface area (Å²) in [5.41, 5.74) is 3.42. The molecule has 2 N–H and O–H groups in total. The molecule has 0 unspecified atom stereocenters. The smallest absolute Gasteiger partial charge is 0.339 e. The molecule has 7 heteroatoms. The van der Waals surface area contributed by atoms with Crippen LogP contribution in [0.5, 0.6) is 5.75 Å². The molecule has 0 saturated carbocycles. The highest BCUT2D eigenvalue weighted by Gasteiger charge is 2.26. The second-order valence-electron chi connectivity index (χ2n) is 8.21. The Hall–Kier alpha value is -4.65. The second-order valence-corrected chi connectivity index (χ2v) is 8.21. The third-order valence-electron chi connectivity index (χ3n) is 6.11. The lowest BCUT2D eigenvalue weighted by atomic mass is 9.83. The Labute approximate surface area is 200 Å². The van der Waals surface area contributed by atoms with Gasteiger partial charge in [-0.1, -0.05) is 72.8 Å². The van der Waals surface area contributed by atoms with Gasteiger partial charge in [0.25, 0.3) is 5.56 Å². The van der Waals surface area contributed by atoms with E-state index < -0.39 is 17.2 Å². The fourth-order valence-electron chi connectivity index (χ4n) is 4.45. The van der Waals surface area contributed by atoms with Crippen LogP contribution in [-0.4, -0.2) is 27.2 Å². The summed E-state index contributed by atoms with van der Waals surface area (Å²) in [4.78, 5) is 39.5. The number of carboxylic acid groups (broad SMARTS) is 1. The molecule has 7 nitrogen and oxygen atoms in total. The molecule has 0 radical (unpaired) electrons. The zero-order chi connectivity index (χ0) is 24.4. The molecule has 0 spiro atoms. The van der Waals surface area contributed by atoms with Crippen LogP contribution in [0.2, 0.25) is 0 Å². The Bertz CT molecular complexity index is 1510. The number of nitrogens with zero attached hydrogens (tertiary/aromatic N) is 1. The molecule has 174 valence electrons. The van der Waals surface area contributed by atoms with Crippen LogP contribution < -0.4 is 16.0 Å². The predicted molar refractivity (Wildman–Crippen MR) is 133 cm³/mol. The molecule has 0 amide bonds. The third kappa shape index (κ3) is 4.31. The molecule has 0 aliphatic heterocycles. The molecular weight excluding hydrogens is 444 g/mol. The summed E-state index contributed by atoms with van der Waals surface area (Å²) >= 11 is 0. The van der Waals surface area contributed by atoms with E-state index in [0.29, 0.717) is 5.56 Å². The molecular formula is C28H22N2O5. The Balaban J connectivity index is 1.52. The summed E-state index contributed by atoms with van der Waals surface area (Å²) in [7, 11) is 0. The Morgan fingerprint density at radius 3 is 2.11 bits per heavy atom. The highest BCUT2D eigenvalue weighted by Crippen LogP contribution is 2.37. The molecule has 1 aliphatic carbocycles. The van der Waals surface area contributed by atoms with Gasteiger partial charge in [0.2, 0.25) is 0 Å². The number of hydrogen-bond donors (Lipinski definition) is 2. The topological polar surface area (TPSA) is 101 Å². The maximum Gasteiger partial charge on any atom is 0.339 e. The minimum atomic E-state index is -1.09. The number of benzene rings is 3. The fraction of sp³-hybridized carbons (Fsp3) is 0.107. The van der Waals surface area contributed by atoms with E-state index in [-0.39, 0.29) is 30.4 Å². The Kier molecular flexibility index (Phi) is 5.89. The third-order valence-corrected chi connectivity index (χ3v) is 6.11. The molecule has 5 rings (SSSR count). The van der Waals surface area contributed by atoms with E-state index in [1.807, 2.05) is 60.7 Å². The van der Waals surface area contributed by atoms with E-state index in [2.05, 4.69) is 4.98 Å². The van der Waals surface area contributed by atoms with Crippen molar-refractivity contribution in [3.8, 4) is 5.75 Å². The van der Waals surface area contributed by atoms with Crippen LogP contribution >= 0.6 is 0 Å². The van der Waals surface area contributed by atoms with Crippen LogP contribution in [0.25, 0.3) is 12.2 Å². The molecule has 0 bridgehead atoms. The molecule has 35 heavy (non-hydrogen) atoms. The lowest BCUT2D eigenvalue weighted by molar-refractivity contribution is 0.0692. The average molecular weight is 466 g/mol. The number of ether oxygens (including phenoxy) is 1. The molecule has 3 aromatic carbocycles. The molecule has 1 heterocycles. The van der Waals surface area contributed by atoms with Gasteiger partial charge in [-0.05, 0) is 34.4 Å². The number of carbonyl (C=O) groups is 1. The Morgan fingerprint density at radius 2 is 1.46 bits per heavy atom. The first-order valence-corrected chi connectivity index (χ1v) is 11.2. The molecule has 0 saturated heterocycles. The molecule has 4 aromatic rings. The Morgan fingerprint density at radius 1 is 0.857 bits per heavy atom. The van der Waals surface area contributed by atoms with Gasteiger partial charge in [0.1, 0.15) is 17.9 Å². The summed E-state index contributed by atoms with van der Waals surface area (Å²) in [6.07, 6.45) is 5.65. The summed E-state index contributed by atoms with van der Waals surface area (Å²) in [5, 5.41) is 9.34. The molecule has 1 aromatic heterocycles. The van der Waals surface area contributed by atoms with E-state index >= 15 is 0 Å². The summed E-state index contributed by atoms with van der Waals surface area (Å²) in [6, 6.07) is 22.1. The SMILES string of the molecule is O=C(O)c1ccccc1OCCn1cc(C2c3ccccc3C=Cc3ccccc32)c(=O)[nH]c1=O. The number of nitrogens with one attached hydrogen (secondary N) is 1. The summed E-state index contributed by atoms with van der Waals surface area (Å²) in [5.74, 6) is -1.25. The number of aromatic nitrogens is 2. The monoisotopic (exact) mass is 466 g/mol. The van der Waals surface area contributed by atoms with E-state index in [0.717, 1.165) is 22.3 Å². The highest BCUT2D eigenvalue weighted by molar-refractivity contribution is 5.90. The maximum absolute atomic E-state index is 13.1. The molecule has 0 fully saturated rings. The highest BCUT2D eigenvalue weighted by atomic mass is 16.5. The number of para-hydroxylation sites is 1. The minimum Gasteiger partial charge on any atom is -0.491 e. The molecule has 0 atom stereocenters. The van der Waals surface area contributed by atoms with Crippen molar-refractivity contribution >= 4 is 18.1 Å². The number of hydrogen-bond acceptors (Lipinski definition) is 4. The zero-order valence-electron chi connectivity index (χ0n) is 18.7. The van der Waals surface area contributed by atoms with Gasteiger partial charge in [-0.2, -0.15) is 0 Å². The minimum absolute atomic E-state index is 0.0428. The number of H-pyrrole nitrogens is 1. The van der Waals surface area contributed by atoms with Crippen LogP contribution in [0.3, 0.4) is 0 Å². The van der Waals surface area contributed by atoms with Crippen LogP contribution in [0.15, 0.2) is 88.6 Å². The summed E-state index contributed by atoms with van der Waals surface area (Å²) < 4.78 is 7.06. The quantitative estimate of drug-likeness (QED) is 0.394. The van der Waals surface area contributed by atoms with Crippen molar-refractivity contribution in [2.24, 2.45) is 0 Å². The van der Waals surface area contributed by atoms with Crippen molar-refractivity contribution < 1.29 is 14.6 Å². The van der Waals surface area contributed by atoms with Crippen LogP contribution in [-0.2, 0) is 6.54 Å². The zero-order valence-corrected chi connectivity index (χ0v) is 18.7. The second kappa shape index (κ2) is 9.30. The normalized spacial score (nSPS) is 12.5. The number of aromatic carboxylic acids is 1.